The first-order chi connectivity index (χ1) is 7.11. The normalized spacial score (nSPS) is 9.00. The summed E-state index contributed by atoms with van der Waals surface area (Å²) in [6, 6.07) is 5.20. The second kappa shape index (κ2) is 5.79. The van der Waals surface area contributed by atoms with Crippen LogP contribution in [0.25, 0.3) is 0 Å². The topological polar surface area (TPSA) is 26.3 Å². The van der Waals surface area contributed by atoms with Gasteiger partial charge in [0.1, 0.15) is 0 Å². The number of ether oxygens (including phenoxy) is 1. The lowest BCUT2D eigenvalue weighted by Crippen LogP contribution is -1.99. The van der Waals surface area contributed by atoms with E-state index in [1.165, 1.54) is 0 Å². The Morgan fingerprint density at radius 3 is 2.87 bits per heavy atom. The molecule has 0 saturated heterocycles. The molecule has 1 aromatic carbocycles. The van der Waals surface area contributed by atoms with Crippen molar-refractivity contribution >= 4 is 33.5 Å². The number of carbonyl (C=O) groups excluding carboxylic acids is 1. The minimum atomic E-state index is -0.534. The molecule has 0 N–H and O–H groups in total. The van der Waals surface area contributed by atoms with E-state index in [2.05, 4.69) is 32.5 Å². The van der Waals surface area contributed by atoms with E-state index >= 15 is 0 Å². The van der Waals surface area contributed by atoms with Gasteiger partial charge in [0.25, 0.3) is 0 Å². The number of carbonyl (C=O) groups is 1. The highest BCUT2D eigenvalue weighted by Gasteiger charge is 1.96. The highest BCUT2D eigenvalue weighted by molar-refractivity contribution is 9.10. The van der Waals surface area contributed by atoms with Crippen molar-refractivity contribution in [3.8, 4) is 11.8 Å². The Labute approximate surface area is 102 Å². The third-order valence-electron chi connectivity index (χ3n) is 1.45. The second-order valence-electron chi connectivity index (χ2n) is 2.63. The smallest absolute Gasteiger partial charge is 0.384 e. The molecule has 0 saturated carbocycles. The summed E-state index contributed by atoms with van der Waals surface area (Å²) in [7, 11) is 0. The highest BCUT2D eigenvalue weighted by Crippen LogP contribution is 2.18. The number of halogens is 2. The molecule has 0 aliphatic heterocycles. The van der Waals surface area contributed by atoms with E-state index in [1.54, 1.807) is 25.1 Å². The van der Waals surface area contributed by atoms with Crippen LogP contribution >= 0.6 is 27.5 Å². The van der Waals surface area contributed by atoms with Gasteiger partial charge in [0.05, 0.1) is 6.61 Å². The van der Waals surface area contributed by atoms with Gasteiger partial charge in [0.2, 0.25) is 0 Å². The van der Waals surface area contributed by atoms with Crippen LogP contribution in [-0.4, -0.2) is 12.6 Å². The second-order valence-corrected chi connectivity index (χ2v) is 3.98. The molecule has 0 bridgehead atoms. The molecule has 0 atom stereocenters. The van der Waals surface area contributed by atoms with E-state index in [0.717, 1.165) is 4.47 Å². The summed E-state index contributed by atoms with van der Waals surface area (Å²) in [4.78, 5) is 10.9. The lowest BCUT2D eigenvalue weighted by molar-refractivity contribution is -0.136. The molecule has 4 heteroatoms. The number of hydrogen-bond acceptors (Lipinski definition) is 2. The summed E-state index contributed by atoms with van der Waals surface area (Å²) < 4.78 is 5.49. The van der Waals surface area contributed by atoms with Crippen molar-refractivity contribution < 1.29 is 9.53 Å². The maximum atomic E-state index is 10.9. The van der Waals surface area contributed by atoms with Gasteiger partial charge in [-0.15, -0.1) is 0 Å². The molecule has 78 valence electrons. The van der Waals surface area contributed by atoms with E-state index in [-0.39, 0.29) is 0 Å². The number of rotatable bonds is 1. The average molecular weight is 288 g/mol. The van der Waals surface area contributed by atoms with Crippen LogP contribution in [0.5, 0.6) is 0 Å². The Bertz CT molecular complexity index is 412. The minimum Gasteiger partial charge on any atom is -0.456 e. The zero-order chi connectivity index (χ0) is 11.3. The number of benzene rings is 1. The molecule has 0 aromatic heterocycles. The quantitative estimate of drug-likeness (QED) is 0.586. The van der Waals surface area contributed by atoms with Gasteiger partial charge >= 0.3 is 5.97 Å². The van der Waals surface area contributed by atoms with Crippen LogP contribution < -0.4 is 0 Å². The number of esters is 1. The molecule has 2 nitrogen and oxygen atoms in total. The van der Waals surface area contributed by atoms with E-state index in [9.17, 15) is 4.79 Å². The van der Waals surface area contributed by atoms with Crippen LogP contribution in [0.15, 0.2) is 22.7 Å². The highest BCUT2D eigenvalue weighted by atomic mass is 79.9. The van der Waals surface area contributed by atoms with Crippen LogP contribution in [0.3, 0.4) is 0 Å². The van der Waals surface area contributed by atoms with Gasteiger partial charge in [-0.3, -0.25) is 0 Å². The van der Waals surface area contributed by atoms with Crippen molar-refractivity contribution in [1.82, 2.24) is 0 Å². The zero-order valence-corrected chi connectivity index (χ0v) is 10.4. The van der Waals surface area contributed by atoms with Gasteiger partial charge in [-0.1, -0.05) is 33.5 Å². The van der Waals surface area contributed by atoms with E-state index in [1.807, 2.05) is 0 Å². The van der Waals surface area contributed by atoms with Gasteiger partial charge in [-0.2, -0.15) is 0 Å². The van der Waals surface area contributed by atoms with Crippen LogP contribution in [0.2, 0.25) is 5.02 Å². The van der Waals surface area contributed by atoms with Crippen molar-refractivity contribution in [1.29, 1.82) is 0 Å². The molecule has 0 aliphatic rings. The molecule has 0 radical (unpaired) electrons. The third kappa shape index (κ3) is 4.37. The van der Waals surface area contributed by atoms with Crippen LogP contribution in [-0.2, 0) is 9.53 Å². The van der Waals surface area contributed by atoms with E-state index < -0.39 is 5.97 Å². The Balaban J connectivity index is 2.84. The summed E-state index contributed by atoms with van der Waals surface area (Å²) in [5, 5.41) is 0.567. The van der Waals surface area contributed by atoms with Gasteiger partial charge < -0.3 is 4.74 Å². The lowest BCUT2D eigenvalue weighted by Gasteiger charge is -1.95. The van der Waals surface area contributed by atoms with Gasteiger partial charge in [-0.25, -0.2) is 4.79 Å². The molecule has 0 unspecified atom stereocenters. The Morgan fingerprint density at radius 1 is 1.53 bits per heavy atom. The summed E-state index contributed by atoms with van der Waals surface area (Å²) in [6.07, 6.45) is 0. The SMILES string of the molecule is CCOC(=O)C#Cc1cc(Cl)cc(Br)c1. The standard InChI is InChI=1S/C11H8BrClO2/c1-2-15-11(14)4-3-8-5-9(12)7-10(13)6-8/h5-7H,2H2,1H3. The molecule has 1 aromatic rings. The predicted molar refractivity (Wildman–Crippen MR) is 62.7 cm³/mol. The molecule has 0 amide bonds. The third-order valence-corrected chi connectivity index (χ3v) is 2.12. The summed E-state index contributed by atoms with van der Waals surface area (Å²) in [6.45, 7) is 2.06. The minimum absolute atomic E-state index is 0.326. The fourth-order valence-electron chi connectivity index (χ4n) is 0.916. The molecule has 15 heavy (non-hydrogen) atoms. The maximum Gasteiger partial charge on any atom is 0.384 e. The lowest BCUT2D eigenvalue weighted by atomic mass is 10.2. The molecular weight excluding hydrogens is 279 g/mol. The molecule has 1 rings (SSSR count). The van der Waals surface area contributed by atoms with Gasteiger partial charge in [-0.05, 0) is 25.1 Å². The van der Waals surface area contributed by atoms with Crippen LogP contribution in [0, 0.1) is 11.8 Å². The number of hydrogen-bond donors (Lipinski definition) is 0. The first kappa shape index (κ1) is 12.1. The zero-order valence-electron chi connectivity index (χ0n) is 8.01. The van der Waals surface area contributed by atoms with Gasteiger partial charge in [0, 0.05) is 21.0 Å². The molecule has 0 heterocycles. The molecule has 0 spiro atoms. The van der Waals surface area contributed by atoms with E-state index in [4.69, 9.17) is 11.6 Å². The first-order valence-electron chi connectivity index (χ1n) is 4.26. The van der Waals surface area contributed by atoms with Crippen LogP contribution in [0.4, 0.5) is 0 Å². The molecule has 0 aliphatic carbocycles. The summed E-state index contributed by atoms with van der Waals surface area (Å²) >= 11 is 9.09. The Kier molecular flexibility index (Phi) is 4.67. The van der Waals surface area contributed by atoms with Crippen molar-refractivity contribution in [3.63, 3.8) is 0 Å². The van der Waals surface area contributed by atoms with Crippen molar-refractivity contribution in [3.05, 3.63) is 33.3 Å². The fourth-order valence-corrected chi connectivity index (χ4v) is 1.78. The molecular formula is C11H8BrClO2. The van der Waals surface area contributed by atoms with E-state index in [0.29, 0.717) is 17.2 Å². The monoisotopic (exact) mass is 286 g/mol. The fraction of sp³-hybridized carbons (Fsp3) is 0.182. The van der Waals surface area contributed by atoms with Crippen molar-refractivity contribution in [2.75, 3.05) is 6.61 Å². The van der Waals surface area contributed by atoms with Crippen molar-refractivity contribution in [2.45, 2.75) is 6.92 Å². The summed E-state index contributed by atoms with van der Waals surface area (Å²) in [5.74, 6) is 4.50. The first-order valence-corrected chi connectivity index (χ1v) is 5.44. The largest absolute Gasteiger partial charge is 0.456 e. The maximum absolute atomic E-state index is 10.9. The Morgan fingerprint density at radius 2 is 2.27 bits per heavy atom. The average Bonchev–Trinajstić information content (AvgIpc) is 2.14. The summed E-state index contributed by atoms with van der Waals surface area (Å²) in [5.41, 5.74) is 0.669. The van der Waals surface area contributed by atoms with Crippen LogP contribution in [0.1, 0.15) is 12.5 Å². The molecule has 0 fully saturated rings. The van der Waals surface area contributed by atoms with Gasteiger partial charge in [0.15, 0.2) is 0 Å². The van der Waals surface area contributed by atoms with Crippen molar-refractivity contribution in [2.24, 2.45) is 0 Å². The predicted octanol–water partition coefficient (Wildman–Crippen LogP) is 3.02. The Hall–Kier alpha value is -0.980.